The fourth-order valence-corrected chi connectivity index (χ4v) is 3.12. The van der Waals surface area contributed by atoms with E-state index in [0.717, 1.165) is 24.0 Å². The molecule has 0 aliphatic carbocycles. The summed E-state index contributed by atoms with van der Waals surface area (Å²) >= 11 is 5.99. The molecular formula is C16H12ClFN2O4S. The lowest BCUT2D eigenvalue weighted by atomic mass is 10.1. The van der Waals surface area contributed by atoms with E-state index in [1.807, 2.05) is 0 Å². The molecule has 1 aromatic heterocycles. The zero-order valence-corrected chi connectivity index (χ0v) is 14.4. The summed E-state index contributed by atoms with van der Waals surface area (Å²) < 4.78 is 42.9. The summed E-state index contributed by atoms with van der Waals surface area (Å²) in [7, 11) is -4.18. The minimum Gasteiger partial charge on any atom is -0.415 e. The number of nitrogens with zero attached hydrogens (tertiary/aromatic N) is 1. The fraction of sp³-hybridized carbons (Fsp3) is 0.0625. The molecule has 0 bridgehead atoms. The maximum absolute atomic E-state index is 14.1. The first-order valence-electron chi connectivity index (χ1n) is 6.98. The van der Waals surface area contributed by atoms with Gasteiger partial charge in [0.05, 0.1) is 11.4 Å². The second-order valence-electron chi connectivity index (χ2n) is 5.35. The Balaban J connectivity index is 2.19. The Hall–Kier alpha value is -2.42. The van der Waals surface area contributed by atoms with Crippen LogP contribution in [0.5, 0.6) is 0 Å². The molecule has 0 amide bonds. The van der Waals surface area contributed by atoms with Crippen molar-refractivity contribution >= 4 is 21.6 Å². The zero-order chi connectivity index (χ0) is 18.4. The SMILES string of the molecule is Cc1cc(-n2c(-c3ccc(S(N)(=O)=O)c(F)c3)coc2=O)ccc1Cl. The maximum Gasteiger partial charge on any atom is 0.424 e. The summed E-state index contributed by atoms with van der Waals surface area (Å²) in [5.74, 6) is -1.69. The van der Waals surface area contributed by atoms with Crippen molar-refractivity contribution in [1.29, 1.82) is 0 Å². The Morgan fingerprint density at radius 1 is 1.20 bits per heavy atom. The lowest BCUT2D eigenvalue weighted by molar-refractivity contribution is 0.504. The van der Waals surface area contributed by atoms with Gasteiger partial charge in [0.15, 0.2) is 0 Å². The number of oxazole rings is 1. The van der Waals surface area contributed by atoms with Gasteiger partial charge in [-0.25, -0.2) is 27.3 Å². The van der Waals surface area contributed by atoms with E-state index in [4.69, 9.17) is 21.2 Å². The quantitative estimate of drug-likeness (QED) is 0.753. The molecule has 25 heavy (non-hydrogen) atoms. The molecule has 0 aliphatic heterocycles. The summed E-state index contributed by atoms with van der Waals surface area (Å²) in [6.07, 6.45) is 1.16. The molecule has 1 heterocycles. The highest BCUT2D eigenvalue weighted by molar-refractivity contribution is 7.89. The molecule has 9 heteroatoms. The van der Waals surface area contributed by atoms with Crippen molar-refractivity contribution in [3.8, 4) is 16.9 Å². The van der Waals surface area contributed by atoms with Crippen molar-refractivity contribution < 1.29 is 17.2 Å². The van der Waals surface area contributed by atoms with Crippen LogP contribution in [0.1, 0.15) is 5.56 Å². The van der Waals surface area contributed by atoms with Gasteiger partial charge >= 0.3 is 5.76 Å². The molecule has 3 rings (SSSR count). The van der Waals surface area contributed by atoms with Gasteiger partial charge in [0.25, 0.3) is 0 Å². The van der Waals surface area contributed by atoms with Gasteiger partial charge in [-0.15, -0.1) is 0 Å². The van der Waals surface area contributed by atoms with E-state index >= 15 is 0 Å². The van der Waals surface area contributed by atoms with Crippen LogP contribution in [0.4, 0.5) is 4.39 Å². The van der Waals surface area contributed by atoms with Crippen LogP contribution in [0.15, 0.2) is 56.8 Å². The van der Waals surface area contributed by atoms with Crippen molar-refractivity contribution in [2.45, 2.75) is 11.8 Å². The Morgan fingerprint density at radius 2 is 1.92 bits per heavy atom. The fourth-order valence-electron chi connectivity index (χ4n) is 2.41. The Bertz CT molecular complexity index is 1140. The van der Waals surface area contributed by atoms with Crippen LogP contribution in [-0.4, -0.2) is 13.0 Å². The Morgan fingerprint density at radius 3 is 2.52 bits per heavy atom. The van der Waals surface area contributed by atoms with E-state index < -0.39 is 26.5 Å². The normalized spacial score (nSPS) is 11.7. The highest BCUT2D eigenvalue weighted by Crippen LogP contribution is 2.26. The van der Waals surface area contributed by atoms with E-state index in [1.165, 1.54) is 10.6 Å². The topological polar surface area (TPSA) is 95.3 Å². The number of rotatable bonds is 3. The molecule has 0 spiro atoms. The molecule has 6 nitrogen and oxygen atoms in total. The first-order valence-corrected chi connectivity index (χ1v) is 8.90. The van der Waals surface area contributed by atoms with Crippen LogP contribution in [-0.2, 0) is 10.0 Å². The Labute approximate surface area is 147 Å². The largest absolute Gasteiger partial charge is 0.424 e. The average molecular weight is 383 g/mol. The van der Waals surface area contributed by atoms with Crippen molar-refractivity contribution in [3.05, 3.63) is 69.6 Å². The molecule has 0 saturated carbocycles. The molecular weight excluding hydrogens is 371 g/mol. The third-order valence-corrected chi connectivity index (χ3v) is 5.00. The van der Waals surface area contributed by atoms with Gasteiger partial charge in [0.2, 0.25) is 10.0 Å². The third kappa shape index (κ3) is 3.23. The summed E-state index contributed by atoms with van der Waals surface area (Å²) in [5.41, 5.74) is 1.73. The molecule has 0 atom stereocenters. The molecule has 0 unspecified atom stereocenters. The lowest BCUT2D eigenvalue weighted by Gasteiger charge is -2.09. The highest BCUT2D eigenvalue weighted by Gasteiger charge is 2.18. The van der Waals surface area contributed by atoms with E-state index in [0.29, 0.717) is 10.7 Å². The molecule has 0 saturated heterocycles. The molecule has 2 N–H and O–H groups in total. The first kappa shape index (κ1) is 17.4. The van der Waals surface area contributed by atoms with Gasteiger partial charge < -0.3 is 4.42 Å². The van der Waals surface area contributed by atoms with E-state index in [-0.39, 0.29) is 11.3 Å². The van der Waals surface area contributed by atoms with Crippen molar-refractivity contribution in [3.63, 3.8) is 0 Å². The predicted molar refractivity (Wildman–Crippen MR) is 90.8 cm³/mol. The number of aryl methyl sites for hydroxylation is 1. The summed E-state index contributed by atoms with van der Waals surface area (Å²) in [5, 5.41) is 5.48. The molecule has 130 valence electrons. The maximum atomic E-state index is 14.1. The standard InChI is InChI=1S/C16H12ClFN2O4S/c1-9-6-11(3-4-12(9)17)20-14(8-24-16(20)21)10-2-5-15(13(18)7-10)25(19,22)23/h2-8H,1H3,(H2,19,22,23). The van der Waals surface area contributed by atoms with Crippen molar-refractivity contribution in [2.75, 3.05) is 0 Å². The van der Waals surface area contributed by atoms with Crippen LogP contribution in [0, 0.1) is 12.7 Å². The second kappa shape index (κ2) is 6.14. The van der Waals surface area contributed by atoms with E-state index in [1.54, 1.807) is 25.1 Å². The number of hydrogen-bond acceptors (Lipinski definition) is 4. The van der Waals surface area contributed by atoms with Crippen molar-refractivity contribution in [1.82, 2.24) is 4.57 Å². The van der Waals surface area contributed by atoms with Gasteiger partial charge in [0.1, 0.15) is 17.0 Å². The monoisotopic (exact) mass is 382 g/mol. The number of sulfonamides is 1. The number of halogens is 2. The minimum absolute atomic E-state index is 0.253. The number of nitrogens with two attached hydrogens (primary N) is 1. The minimum atomic E-state index is -4.18. The Kier molecular flexibility index (Phi) is 4.28. The van der Waals surface area contributed by atoms with Crippen molar-refractivity contribution in [2.24, 2.45) is 5.14 Å². The molecule has 2 aromatic carbocycles. The number of hydrogen-bond donors (Lipinski definition) is 1. The first-order chi connectivity index (χ1) is 11.7. The van der Waals surface area contributed by atoms with Gasteiger partial charge in [-0.05, 0) is 42.8 Å². The summed E-state index contributed by atoms with van der Waals surface area (Å²) in [6, 6.07) is 8.27. The third-order valence-electron chi connectivity index (χ3n) is 3.63. The summed E-state index contributed by atoms with van der Waals surface area (Å²) in [4.78, 5) is 11.4. The molecule has 0 radical (unpaired) electrons. The average Bonchev–Trinajstić information content (AvgIpc) is 2.90. The lowest BCUT2D eigenvalue weighted by Crippen LogP contribution is -2.15. The molecule has 0 aliphatic rings. The molecule has 3 aromatic rings. The number of primary sulfonamides is 1. The second-order valence-corrected chi connectivity index (χ2v) is 7.28. The summed E-state index contributed by atoms with van der Waals surface area (Å²) in [6.45, 7) is 1.77. The smallest absolute Gasteiger partial charge is 0.415 e. The van der Waals surface area contributed by atoms with Gasteiger partial charge in [-0.3, -0.25) is 0 Å². The molecule has 0 fully saturated rings. The highest BCUT2D eigenvalue weighted by atomic mass is 35.5. The van der Waals surface area contributed by atoms with Crippen LogP contribution < -0.4 is 10.9 Å². The number of aromatic nitrogens is 1. The van der Waals surface area contributed by atoms with Crippen LogP contribution in [0.2, 0.25) is 5.02 Å². The van der Waals surface area contributed by atoms with Crippen LogP contribution in [0.3, 0.4) is 0 Å². The number of benzene rings is 2. The van der Waals surface area contributed by atoms with Gasteiger partial charge in [0, 0.05) is 10.6 Å². The van der Waals surface area contributed by atoms with E-state index in [9.17, 15) is 17.6 Å². The predicted octanol–water partition coefficient (Wildman–Crippen LogP) is 2.85. The van der Waals surface area contributed by atoms with Crippen LogP contribution in [0.25, 0.3) is 16.9 Å². The van der Waals surface area contributed by atoms with E-state index in [2.05, 4.69) is 0 Å². The van der Waals surface area contributed by atoms with Crippen LogP contribution >= 0.6 is 11.6 Å². The van der Waals surface area contributed by atoms with Gasteiger partial charge in [-0.1, -0.05) is 17.7 Å². The zero-order valence-electron chi connectivity index (χ0n) is 12.9. The van der Waals surface area contributed by atoms with Gasteiger partial charge in [-0.2, -0.15) is 0 Å².